The molecule has 2 atom stereocenters. The number of hydrogen-bond donors (Lipinski definition) is 0. The van der Waals surface area contributed by atoms with Crippen LogP contribution in [0.1, 0.15) is 20.3 Å². The number of carbonyl (C=O) groups is 3. The maximum Gasteiger partial charge on any atom is 0.147 e. The Morgan fingerprint density at radius 1 is 1.42 bits per heavy atom. The summed E-state index contributed by atoms with van der Waals surface area (Å²) in [5, 5.41) is 0. The fraction of sp³-hybridized carbons (Fsp3) is 0.667. The summed E-state index contributed by atoms with van der Waals surface area (Å²) >= 11 is 0. The lowest BCUT2D eigenvalue weighted by Crippen LogP contribution is -2.55. The summed E-state index contributed by atoms with van der Waals surface area (Å²) in [6.07, 6.45) is 1.67. The van der Waals surface area contributed by atoms with Crippen molar-refractivity contribution in [3.8, 4) is 0 Å². The SMILES string of the molecule is CC1(C)C(C=O)C(=O)C1CC=O. The summed E-state index contributed by atoms with van der Waals surface area (Å²) in [4.78, 5) is 31.9. The molecule has 1 fully saturated rings. The first-order valence-corrected chi connectivity index (χ1v) is 3.98. The summed E-state index contributed by atoms with van der Waals surface area (Å²) in [5.74, 6) is -0.824. The van der Waals surface area contributed by atoms with E-state index in [9.17, 15) is 14.4 Å². The highest BCUT2D eigenvalue weighted by Gasteiger charge is 2.55. The van der Waals surface area contributed by atoms with Crippen LogP contribution in [-0.4, -0.2) is 18.4 Å². The fourth-order valence-electron chi connectivity index (χ4n) is 1.83. The van der Waals surface area contributed by atoms with Crippen LogP contribution in [0.2, 0.25) is 0 Å². The van der Waals surface area contributed by atoms with Crippen LogP contribution >= 0.6 is 0 Å². The lowest BCUT2D eigenvalue weighted by Gasteiger charge is -2.47. The average Bonchev–Trinajstić information content (AvgIpc) is 2.00. The van der Waals surface area contributed by atoms with Crippen molar-refractivity contribution in [1.29, 1.82) is 0 Å². The average molecular weight is 168 g/mol. The van der Waals surface area contributed by atoms with Gasteiger partial charge in [-0.1, -0.05) is 13.8 Å². The van der Waals surface area contributed by atoms with Crippen LogP contribution in [0.5, 0.6) is 0 Å². The number of Topliss-reactive ketones (excluding diaryl/α,β-unsaturated/α-hetero) is 1. The van der Waals surface area contributed by atoms with E-state index in [2.05, 4.69) is 0 Å². The predicted octanol–water partition coefficient (Wildman–Crippen LogP) is 0.616. The Labute approximate surface area is 71.1 Å². The molecule has 0 heterocycles. The first-order valence-electron chi connectivity index (χ1n) is 3.98. The van der Waals surface area contributed by atoms with E-state index in [1.54, 1.807) is 0 Å². The topological polar surface area (TPSA) is 51.2 Å². The molecule has 0 N–H and O–H groups in total. The molecule has 1 aliphatic carbocycles. The number of rotatable bonds is 3. The Bertz CT molecular complexity index is 230. The molecule has 0 aromatic rings. The van der Waals surface area contributed by atoms with Crippen LogP contribution in [0.3, 0.4) is 0 Å². The predicted molar refractivity (Wildman–Crippen MR) is 42.5 cm³/mol. The highest BCUT2D eigenvalue weighted by molar-refractivity contribution is 6.03. The molecule has 1 aliphatic rings. The van der Waals surface area contributed by atoms with E-state index in [4.69, 9.17) is 0 Å². The molecule has 0 aromatic carbocycles. The minimum atomic E-state index is -0.498. The summed E-state index contributed by atoms with van der Waals surface area (Å²) in [6, 6.07) is 0. The zero-order valence-electron chi connectivity index (χ0n) is 7.24. The van der Waals surface area contributed by atoms with E-state index in [-0.39, 0.29) is 23.5 Å². The fourth-order valence-corrected chi connectivity index (χ4v) is 1.83. The van der Waals surface area contributed by atoms with E-state index >= 15 is 0 Å². The highest BCUT2D eigenvalue weighted by atomic mass is 16.1. The standard InChI is InChI=1S/C9H12O3/c1-9(2)6(3-4-10)8(12)7(9)5-11/h4-7H,3H2,1-2H3. The molecule has 12 heavy (non-hydrogen) atoms. The number of carbonyl (C=O) groups excluding carboxylic acids is 3. The van der Waals surface area contributed by atoms with Gasteiger partial charge in [-0.3, -0.25) is 4.79 Å². The zero-order chi connectivity index (χ0) is 9.35. The van der Waals surface area contributed by atoms with E-state index in [1.807, 2.05) is 13.8 Å². The van der Waals surface area contributed by atoms with E-state index in [0.29, 0.717) is 6.29 Å². The van der Waals surface area contributed by atoms with E-state index in [0.717, 1.165) is 6.29 Å². The Morgan fingerprint density at radius 3 is 2.33 bits per heavy atom. The normalized spacial score (nSPS) is 32.3. The minimum Gasteiger partial charge on any atom is -0.303 e. The molecule has 0 bridgehead atoms. The Morgan fingerprint density at radius 2 is 2.00 bits per heavy atom. The second-order valence-corrected chi connectivity index (χ2v) is 3.79. The number of ketones is 1. The summed E-state index contributed by atoms with van der Waals surface area (Å²) in [6.45, 7) is 3.70. The van der Waals surface area contributed by atoms with Crippen molar-refractivity contribution in [2.24, 2.45) is 17.3 Å². The van der Waals surface area contributed by atoms with Crippen LogP contribution in [0.15, 0.2) is 0 Å². The molecule has 0 spiro atoms. The van der Waals surface area contributed by atoms with Gasteiger partial charge < -0.3 is 9.59 Å². The molecular weight excluding hydrogens is 156 g/mol. The molecular formula is C9H12O3. The second kappa shape index (κ2) is 2.81. The molecule has 2 unspecified atom stereocenters. The lowest BCUT2D eigenvalue weighted by atomic mass is 9.53. The van der Waals surface area contributed by atoms with Crippen LogP contribution in [0, 0.1) is 17.3 Å². The Hall–Kier alpha value is -0.990. The number of aldehydes is 2. The summed E-state index contributed by atoms with van der Waals surface area (Å²) in [5.41, 5.74) is -0.320. The maximum atomic E-state index is 11.2. The van der Waals surface area contributed by atoms with Gasteiger partial charge in [-0.25, -0.2) is 0 Å². The Kier molecular flexibility index (Phi) is 2.13. The minimum absolute atomic E-state index is 0.0814. The quantitative estimate of drug-likeness (QED) is 0.458. The third-order valence-electron chi connectivity index (χ3n) is 2.82. The molecule has 66 valence electrons. The van der Waals surface area contributed by atoms with Crippen molar-refractivity contribution in [3.63, 3.8) is 0 Å². The van der Waals surface area contributed by atoms with Gasteiger partial charge in [-0.15, -0.1) is 0 Å². The van der Waals surface area contributed by atoms with Gasteiger partial charge in [-0.2, -0.15) is 0 Å². The van der Waals surface area contributed by atoms with Gasteiger partial charge in [0.05, 0.1) is 5.92 Å². The Balaban J connectivity index is 2.76. The smallest absolute Gasteiger partial charge is 0.147 e. The van der Waals surface area contributed by atoms with Crippen LogP contribution in [-0.2, 0) is 14.4 Å². The van der Waals surface area contributed by atoms with Crippen molar-refractivity contribution in [2.75, 3.05) is 0 Å². The van der Waals surface area contributed by atoms with E-state index < -0.39 is 5.92 Å². The first kappa shape index (κ1) is 9.10. The molecule has 1 rings (SSSR count). The summed E-state index contributed by atoms with van der Waals surface area (Å²) in [7, 11) is 0. The molecule has 0 saturated heterocycles. The lowest BCUT2D eigenvalue weighted by molar-refractivity contribution is -0.156. The molecule has 3 heteroatoms. The molecule has 0 aliphatic heterocycles. The van der Waals surface area contributed by atoms with Gasteiger partial charge in [0.1, 0.15) is 18.4 Å². The van der Waals surface area contributed by atoms with Crippen LogP contribution in [0.25, 0.3) is 0 Å². The van der Waals surface area contributed by atoms with Crippen molar-refractivity contribution < 1.29 is 14.4 Å². The van der Waals surface area contributed by atoms with Crippen LogP contribution in [0.4, 0.5) is 0 Å². The van der Waals surface area contributed by atoms with E-state index in [1.165, 1.54) is 0 Å². The van der Waals surface area contributed by atoms with Gasteiger partial charge in [0.15, 0.2) is 0 Å². The monoisotopic (exact) mass is 168 g/mol. The third kappa shape index (κ3) is 1.00. The first-order chi connectivity index (χ1) is 5.55. The van der Waals surface area contributed by atoms with Crippen molar-refractivity contribution in [2.45, 2.75) is 20.3 Å². The van der Waals surface area contributed by atoms with Crippen molar-refractivity contribution in [3.05, 3.63) is 0 Å². The maximum absolute atomic E-state index is 11.2. The van der Waals surface area contributed by atoms with Crippen molar-refractivity contribution in [1.82, 2.24) is 0 Å². The molecule has 1 saturated carbocycles. The zero-order valence-corrected chi connectivity index (χ0v) is 7.24. The van der Waals surface area contributed by atoms with Crippen molar-refractivity contribution >= 4 is 18.4 Å². The molecule has 0 amide bonds. The van der Waals surface area contributed by atoms with Gasteiger partial charge in [-0.05, 0) is 5.41 Å². The molecule has 0 aromatic heterocycles. The largest absolute Gasteiger partial charge is 0.303 e. The third-order valence-corrected chi connectivity index (χ3v) is 2.82. The van der Waals surface area contributed by atoms with Gasteiger partial charge in [0.2, 0.25) is 0 Å². The molecule has 0 radical (unpaired) electrons. The highest BCUT2D eigenvalue weighted by Crippen LogP contribution is 2.48. The summed E-state index contributed by atoms with van der Waals surface area (Å²) < 4.78 is 0. The second-order valence-electron chi connectivity index (χ2n) is 3.79. The molecule has 3 nitrogen and oxygen atoms in total. The van der Waals surface area contributed by atoms with Crippen LogP contribution < -0.4 is 0 Å². The number of hydrogen-bond acceptors (Lipinski definition) is 3. The van der Waals surface area contributed by atoms with Gasteiger partial charge in [0.25, 0.3) is 0 Å². The van der Waals surface area contributed by atoms with Gasteiger partial charge in [0, 0.05) is 12.3 Å². The van der Waals surface area contributed by atoms with Gasteiger partial charge >= 0.3 is 0 Å².